The molecule has 1 aromatic carbocycles. The number of hydrogen-bond acceptors (Lipinski definition) is 4. The minimum Gasteiger partial charge on any atom is -0.496 e. The Kier molecular flexibility index (Phi) is 7.14. The Hall–Kier alpha value is -2.28. The number of ether oxygens (including phenoxy) is 1. The molecule has 2 fully saturated rings. The average molecular weight is 389 g/mol. The van der Waals surface area contributed by atoms with Crippen LogP contribution in [0.4, 0.5) is 4.79 Å². The number of rotatable bonds is 6. The first-order valence-electron chi connectivity index (χ1n) is 10.2. The van der Waals surface area contributed by atoms with Crippen molar-refractivity contribution in [1.82, 2.24) is 15.1 Å². The standard InChI is InChI=1S/C21H31N3O4/c1-28-19-10-4-3-9-17(19)18(23-11-5-2-6-12-23)14-22-21(27)24-13-7-8-16(15-24)20(25)26/h3-4,9-10,16,18H,2,5-8,11-15H2,1H3,(H,22,27)(H,25,26). The van der Waals surface area contributed by atoms with Crippen LogP contribution in [0.2, 0.25) is 0 Å². The van der Waals surface area contributed by atoms with Gasteiger partial charge in [-0.1, -0.05) is 24.6 Å². The van der Waals surface area contributed by atoms with Gasteiger partial charge >= 0.3 is 12.0 Å². The number of aliphatic carboxylic acids is 1. The highest BCUT2D eigenvalue weighted by Gasteiger charge is 2.30. The van der Waals surface area contributed by atoms with Crippen molar-refractivity contribution in [3.63, 3.8) is 0 Å². The van der Waals surface area contributed by atoms with Gasteiger partial charge in [0.05, 0.1) is 19.1 Å². The molecule has 2 aliphatic heterocycles. The molecular formula is C21H31N3O4. The summed E-state index contributed by atoms with van der Waals surface area (Å²) in [5, 5.41) is 12.3. The van der Waals surface area contributed by atoms with Gasteiger partial charge in [0, 0.05) is 25.2 Å². The molecular weight excluding hydrogens is 358 g/mol. The number of carbonyl (C=O) groups is 2. The van der Waals surface area contributed by atoms with Crippen molar-refractivity contribution in [3.8, 4) is 5.75 Å². The van der Waals surface area contributed by atoms with E-state index in [1.165, 1.54) is 6.42 Å². The number of hydrogen-bond donors (Lipinski definition) is 2. The number of piperidine rings is 2. The van der Waals surface area contributed by atoms with Gasteiger partial charge in [0.15, 0.2) is 0 Å². The van der Waals surface area contributed by atoms with Crippen molar-refractivity contribution < 1.29 is 19.4 Å². The molecule has 3 rings (SSSR count). The molecule has 2 saturated heterocycles. The molecule has 0 aliphatic carbocycles. The highest BCUT2D eigenvalue weighted by molar-refractivity contribution is 5.76. The van der Waals surface area contributed by atoms with Crippen LogP contribution in [0, 0.1) is 5.92 Å². The second kappa shape index (κ2) is 9.78. The van der Waals surface area contributed by atoms with Gasteiger partial charge in [0.1, 0.15) is 5.75 Å². The van der Waals surface area contributed by atoms with Gasteiger partial charge in [-0.3, -0.25) is 9.69 Å². The number of methoxy groups -OCH3 is 1. The molecule has 2 unspecified atom stereocenters. The summed E-state index contributed by atoms with van der Waals surface area (Å²) in [5.74, 6) is -0.458. The fourth-order valence-corrected chi connectivity index (χ4v) is 4.27. The zero-order valence-corrected chi connectivity index (χ0v) is 16.6. The van der Waals surface area contributed by atoms with Crippen molar-refractivity contribution in [1.29, 1.82) is 0 Å². The van der Waals surface area contributed by atoms with E-state index in [-0.39, 0.29) is 18.6 Å². The Morgan fingerprint density at radius 1 is 1.18 bits per heavy atom. The van der Waals surface area contributed by atoms with Gasteiger partial charge in [0.25, 0.3) is 0 Å². The molecule has 28 heavy (non-hydrogen) atoms. The van der Waals surface area contributed by atoms with Gasteiger partial charge in [-0.25, -0.2) is 4.79 Å². The lowest BCUT2D eigenvalue weighted by molar-refractivity contribution is -0.143. The van der Waals surface area contributed by atoms with Crippen LogP contribution in [-0.2, 0) is 4.79 Å². The van der Waals surface area contributed by atoms with E-state index in [0.29, 0.717) is 19.5 Å². The van der Waals surface area contributed by atoms with Gasteiger partial charge in [-0.2, -0.15) is 0 Å². The molecule has 0 spiro atoms. The SMILES string of the molecule is COc1ccccc1C(CNC(=O)N1CCCC(C(=O)O)C1)N1CCCCC1. The predicted octanol–water partition coefficient (Wildman–Crippen LogP) is 2.73. The summed E-state index contributed by atoms with van der Waals surface area (Å²) in [6.45, 7) is 3.38. The molecule has 2 aliphatic rings. The molecule has 2 heterocycles. The summed E-state index contributed by atoms with van der Waals surface area (Å²) >= 11 is 0. The number of carboxylic acids is 1. The Morgan fingerprint density at radius 3 is 2.64 bits per heavy atom. The third-order valence-electron chi connectivity index (χ3n) is 5.83. The van der Waals surface area contributed by atoms with Crippen molar-refractivity contribution in [2.75, 3.05) is 39.8 Å². The largest absolute Gasteiger partial charge is 0.496 e. The number of benzene rings is 1. The number of para-hydroxylation sites is 1. The summed E-state index contributed by atoms with van der Waals surface area (Å²) in [5.41, 5.74) is 1.08. The lowest BCUT2D eigenvalue weighted by Gasteiger charge is -2.36. The van der Waals surface area contributed by atoms with E-state index in [4.69, 9.17) is 4.74 Å². The molecule has 2 atom stereocenters. The molecule has 0 radical (unpaired) electrons. The summed E-state index contributed by atoms with van der Waals surface area (Å²) < 4.78 is 5.57. The quantitative estimate of drug-likeness (QED) is 0.782. The highest BCUT2D eigenvalue weighted by atomic mass is 16.5. The van der Waals surface area contributed by atoms with Gasteiger partial charge in [-0.15, -0.1) is 0 Å². The Bertz CT molecular complexity index is 675. The molecule has 7 nitrogen and oxygen atoms in total. The van der Waals surface area contributed by atoms with Crippen molar-refractivity contribution in [2.45, 2.75) is 38.1 Å². The van der Waals surface area contributed by atoms with Gasteiger partial charge in [0.2, 0.25) is 0 Å². The van der Waals surface area contributed by atoms with E-state index in [1.54, 1.807) is 12.0 Å². The third kappa shape index (κ3) is 4.95. The number of amides is 2. The Balaban J connectivity index is 1.69. The van der Waals surface area contributed by atoms with Crippen LogP contribution in [0.25, 0.3) is 0 Å². The fraction of sp³-hybridized carbons (Fsp3) is 0.619. The summed E-state index contributed by atoms with van der Waals surface area (Å²) in [7, 11) is 1.67. The third-order valence-corrected chi connectivity index (χ3v) is 5.83. The molecule has 2 amide bonds. The Labute approximate surface area is 166 Å². The van der Waals surface area contributed by atoms with Crippen LogP contribution < -0.4 is 10.1 Å². The number of likely N-dealkylation sites (tertiary alicyclic amines) is 2. The van der Waals surface area contributed by atoms with Crippen LogP contribution in [0.15, 0.2) is 24.3 Å². The van der Waals surface area contributed by atoms with E-state index in [9.17, 15) is 14.7 Å². The maximum atomic E-state index is 12.7. The lowest BCUT2D eigenvalue weighted by atomic mass is 9.98. The maximum Gasteiger partial charge on any atom is 0.317 e. The van der Waals surface area contributed by atoms with E-state index in [1.807, 2.05) is 18.2 Å². The van der Waals surface area contributed by atoms with Crippen LogP contribution in [-0.4, -0.2) is 66.7 Å². The monoisotopic (exact) mass is 389 g/mol. The molecule has 154 valence electrons. The van der Waals surface area contributed by atoms with Crippen molar-refractivity contribution in [3.05, 3.63) is 29.8 Å². The second-order valence-electron chi connectivity index (χ2n) is 7.66. The minimum atomic E-state index is -0.822. The van der Waals surface area contributed by atoms with Crippen LogP contribution in [0.1, 0.15) is 43.7 Å². The van der Waals surface area contributed by atoms with Crippen LogP contribution >= 0.6 is 0 Å². The number of nitrogens with one attached hydrogen (secondary N) is 1. The first kappa shape index (κ1) is 20.5. The van der Waals surface area contributed by atoms with Crippen molar-refractivity contribution in [2.24, 2.45) is 5.92 Å². The summed E-state index contributed by atoms with van der Waals surface area (Å²) in [6, 6.07) is 7.83. The van der Waals surface area contributed by atoms with Crippen LogP contribution in [0.3, 0.4) is 0 Å². The summed E-state index contributed by atoms with van der Waals surface area (Å²) in [6.07, 6.45) is 4.92. The zero-order valence-electron chi connectivity index (χ0n) is 16.6. The molecule has 0 aromatic heterocycles. The zero-order chi connectivity index (χ0) is 19.9. The number of carboxylic acid groups (broad SMARTS) is 1. The smallest absolute Gasteiger partial charge is 0.317 e. The first-order valence-corrected chi connectivity index (χ1v) is 10.2. The highest BCUT2D eigenvalue weighted by Crippen LogP contribution is 2.31. The van der Waals surface area contributed by atoms with E-state index in [2.05, 4.69) is 16.3 Å². The van der Waals surface area contributed by atoms with Gasteiger partial charge < -0.3 is 20.1 Å². The number of carbonyl (C=O) groups excluding carboxylic acids is 1. The number of nitrogens with zero attached hydrogens (tertiary/aromatic N) is 2. The maximum absolute atomic E-state index is 12.7. The fourth-order valence-electron chi connectivity index (χ4n) is 4.27. The molecule has 1 aromatic rings. The second-order valence-corrected chi connectivity index (χ2v) is 7.66. The van der Waals surface area contributed by atoms with E-state index < -0.39 is 11.9 Å². The average Bonchev–Trinajstić information content (AvgIpc) is 2.75. The molecule has 0 bridgehead atoms. The molecule has 7 heteroatoms. The molecule has 0 saturated carbocycles. The Morgan fingerprint density at radius 2 is 1.93 bits per heavy atom. The topological polar surface area (TPSA) is 82.1 Å². The predicted molar refractivity (Wildman–Crippen MR) is 106 cm³/mol. The normalized spacial score (nSPS) is 21.8. The van der Waals surface area contributed by atoms with Crippen LogP contribution in [0.5, 0.6) is 5.75 Å². The van der Waals surface area contributed by atoms with Crippen molar-refractivity contribution >= 4 is 12.0 Å². The van der Waals surface area contributed by atoms with Gasteiger partial charge in [-0.05, 0) is 44.8 Å². The summed E-state index contributed by atoms with van der Waals surface area (Å²) in [4.78, 5) is 28.0. The minimum absolute atomic E-state index is 0.0421. The number of urea groups is 1. The van der Waals surface area contributed by atoms with E-state index >= 15 is 0 Å². The molecule has 2 N–H and O–H groups in total. The van der Waals surface area contributed by atoms with E-state index in [0.717, 1.165) is 43.7 Å². The lowest BCUT2D eigenvalue weighted by Crippen LogP contribution is -2.49. The first-order chi connectivity index (χ1) is 13.6.